The number of carbonyl (C=O) groups is 3. The minimum absolute atomic E-state index is 0.00610. The zero-order chi connectivity index (χ0) is 24.9. The van der Waals surface area contributed by atoms with Crippen LogP contribution in [0.2, 0.25) is 0 Å². The highest BCUT2D eigenvalue weighted by molar-refractivity contribution is 5.95. The van der Waals surface area contributed by atoms with Gasteiger partial charge in [0.05, 0.1) is 11.5 Å². The first kappa shape index (κ1) is 21.9. The van der Waals surface area contributed by atoms with Gasteiger partial charge in [0, 0.05) is 55.8 Å². The fourth-order valence-electron chi connectivity index (χ4n) is 6.90. The van der Waals surface area contributed by atoms with Crippen LogP contribution >= 0.6 is 0 Å². The summed E-state index contributed by atoms with van der Waals surface area (Å²) in [6.45, 7) is 3.82. The molecule has 4 amide bonds. The first-order chi connectivity index (χ1) is 17.2. The third kappa shape index (κ3) is 3.22. The van der Waals surface area contributed by atoms with Crippen LogP contribution in [0.15, 0.2) is 28.7 Å². The Hall–Kier alpha value is -3.30. The highest BCUT2D eigenvalue weighted by Gasteiger charge is 2.73. The quantitative estimate of drug-likeness (QED) is 0.676. The van der Waals surface area contributed by atoms with Crippen molar-refractivity contribution in [2.24, 2.45) is 16.6 Å². The number of hydrogen-bond donors (Lipinski definition) is 2. The van der Waals surface area contributed by atoms with Gasteiger partial charge in [-0.25, -0.2) is 9.18 Å². The van der Waals surface area contributed by atoms with Crippen LogP contribution in [-0.4, -0.2) is 78.6 Å². The average Bonchev–Trinajstić information content (AvgIpc) is 3.33. The molecular formula is C26H30FN5O4. The van der Waals surface area contributed by atoms with E-state index in [0.29, 0.717) is 64.1 Å². The van der Waals surface area contributed by atoms with Crippen molar-refractivity contribution in [3.8, 4) is 0 Å². The van der Waals surface area contributed by atoms with Gasteiger partial charge in [-0.15, -0.1) is 0 Å². The smallest absolute Gasteiger partial charge is 0.320 e. The molecule has 2 saturated heterocycles. The lowest BCUT2D eigenvalue weighted by atomic mass is 9.42. The van der Waals surface area contributed by atoms with Crippen molar-refractivity contribution in [2.45, 2.75) is 43.8 Å². The molecule has 9 nitrogen and oxygen atoms in total. The third-order valence-electron chi connectivity index (χ3n) is 9.22. The fraction of sp³-hybridized carbons (Fsp3) is 0.577. The van der Waals surface area contributed by atoms with Crippen LogP contribution in [0.25, 0.3) is 11.0 Å². The van der Waals surface area contributed by atoms with Gasteiger partial charge in [0.1, 0.15) is 11.3 Å². The molecule has 0 radical (unpaired) electrons. The van der Waals surface area contributed by atoms with Crippen LogP contribution in [0.3, 0.4) is 0 Å². The van der Waals surface area contributed by atoms with E-state index in [9.17, 15) is 18.8 Å². The summed E-state index contributed by atoms with van der Waals surface area (Å²) in [7, 11) is 0. The Morgan fingerprint density at radius 2 is 1.75 bits per heavy atom. The van der Waals surface area contributed by atoms with Gasteiger partial charge in [-0.3, -0.25) is 9.59 Å². The van der Waals surface area contributed by atoms with E-state index in [1.54, 1.807) is 6.07 Å². The number of amides is 4. The molecule has 8 rings (SSSR count). The number of alkyl halides is 1. The van der Waals surface area contributed by atoms with Gasteiger partial charge in [-0.1, -0.05) is 0 Å². The summed E-state index contributed by atoms with van der Waals surface area (Å²) in [5, 5.41) is 4.03. The largest absolute Gasteiger partial charge is 0.451 e. The number of primary amides is 1. The molecule has 2 aromatic rings. The van der Waals surface area contributed by atoms with Crippen LogP contribution in [0.1, 0.15) is 42.7 Å². The van der Waals surface area contributed by atoms with Crippen molar-refractivity contribution in [3.05, 3.63) is 30.0 Å². The molecule has 1 spiro atoms. The van der Waals surface area contributed by atoms with Crippen molar-refractivity contribution in [2.75, 3.05) is 44.2 Å². The van der Waals surface area contributed by atoms with E-state index in [1.807, 2.05) is 28.0 Å². The third-order valence-corrected chi connectivity index (χ3v) is 9.22. The van der Waals surface area contributed by atoms with Gasteiger partial charge in [0.15, 0.2) is 5.76 Å². The molecule has 10 heteroatoms. The molecule has 190 valence electrons. The van der Waals surface area contributed by atoms with E-state index < -0.39 is 17.0 Å². The van der Waals surface area contributed by atoms with Gasteiger partial charge in [0.2, 0.25) is 5.91 Å². The lowest BCUT2D eigenvalue weighted by Crippen LogP contribution is -2.71. The number of anilines is 1. The summed E-state index contributed by atoms with van der Waals surface area (Å²) >= 11 is 0. The van der Waals surface area contributed by atoms with Crippen LogP contribution < -0.4 is 16.0 Å². The predicted molar refractivity (Wildman–Crippen MR) is 129 cm³/mol. The van der Waals surface area contributed by atoms with Crippen LogP contribution in [0, 0.1) is 10.8 Å². The predicted octanol–water partition coefficient (Wildman–Crippen LogP) is 2.25. The lowest BCUT2D eigenvalue weighted by Gasteiger charge is -2.64. The molecule has 3 N–H and O–H groups in total. The monoisotopic (exact) mass is 495 g/mol. The Morgan fingerprint density at radius 3 is 2.39 bits per heavy atom. The number of nitrogens with one attached hydrogen (secondary N) is 1. The fourth-order valence-corrected chi connectivity index (χ4v) is 6.90. The molecule has 1 unspecified atom stereocenters. The molecule has 1 aromatic carbocycles. The van der Waals surface area contributed by atoms with Gasteiger partial charge < -0.3 is 30.2 Å². The normalized spacial score (nSPS) is 31.8. The maximum atomic E-state index is 13.9. The Kier molecular flexibility index (Phi) is 4.35. The maximum Gasteiger partial charge on any atom is 0.320 e. The van der Waals surface area contributed by atoms with E-state index in [2.05, 4.69) is 10.2 Å². The molecule has 1 aromatic heterocycles. The number of fused-ring (bicyclic) bond motifs is 1. The second kappa shape index (κ2) is 7.14. The molecule has 1 atom stereocenters. The standard InChI is InChI=1S/C26H30FN5O4/c27-26-12-25(13-26,14-26)22(34)29-20-11-32(15-24(20)3-4-24)23(35)31-7-5-30(6-8-31)17-1-2-18-16(9-17)10-19(36-18)21(28)33/h1-2,9-10,20H,3-8,11-15H2,(H2,28,33)(H,29,34). The first-order valence-corrected chi connectivity index (χ1v) is 12.8. The number of urea groups is 1. The number of hydrogen-bond acceptors (Lipinski definition) is 5. The van der Waals surface area contributed by atoms with Crippen molar-refractivity contribution in [1.29, 1.82) is 0 Å². The van der Waals surface area contributed by atoms with Crippen LogP contribution in [0.5, 0.6) is 0 Å². The Morgan fingerprint density at radius 1 is 1.03 bits per heavy atom. The molecule has 2 bridgehead atoms. The molecule has 4 saturated carbocycles. The number of furan rings is 1. The van der Waals surface area contributed by atoms with E-state index in [1.165, 1.54) is 0 Å². The molecule has 3 heterocycles. The number of nitrogens with two attached hydrogens (primary N) is 1. The SMILES string of the molecule is NC(=O)c1cc2cc(N3CCN(C(=O)N4CC(NC(=O)C56CC(F)(C5)C6)C5(CC5)C4)CC3)ccc2o1. The van der Waals surface area contributed by atoms with Crippen molar-refractivity contribution < 1.29 is 23.2 Å². The summed E-state index contributed by atoms with van der Waals surface area (Å²) in [5.74, 6) is -0.468. The molecule has 6 fully saturated rings. The number of piperazine rings is 1. The number of carbonyl (C=O) groups excluding carboxylic acids is 3. The molecule has 6 aliphatic rings. The van der Waals surface area contributed by atoms with Gasteiger partial charge in [0.25, 0.3) is 5.91 Å². The summed E-state index contributed by atoms with van der Waals surface area (Å²) in [4.78, 5) is 43.6. The minimum atomic E-state index is -1.09. The summed E-state index contributed by atoms with van der Waals surface area (Å²) in [6.07, 6.45) is 3.11. The van der Waals surface area contributed by atoms with Gasteiger partial charge in [-0.2, -0.15) is 0 Å². The molecular weight excluding hydrogens is 465 g/mol. The Labute approximate surface area is 207 Å². The number of rotatable bonds is 4. The summed E-state index contributed by atoms with van der Waals surface area (Å²) in [5.41, 5.74) is 5.36. The minimum Gasteiger partial charge on any atom is -0.451 e. The first-order valence-electron chi connectivity index (χ1n) is 12.8. The van der Waals surface area contributed by atoms with E-state index >= 15 is 0 Å². The van der Waals surface area contributed by atoms with Gasteiger partial charge >= 0.3 is 6.03 Å². The number of nitrogens with zero attached hydrogens (tertiary/aromatic N) is 3. The second-order valence-corrected chi connectivity index (χ2v) is 11.7. The summed E-state index contributed by atoms with van der Waals surface area (Å²) in [6, 6.07) is 7.41. The Balaban J connectivity index is 0.967. The topological polar surface area (TPSA) is 112 Å². The number of benzene rings is 1. The van der Waals surface area contributed by atoms with Crippen LogP contribution in [0.4, 0.5) is 14.9 Å². The summed E-state index contributed by atoms with van der Waals surface area (Å²) < 4.78 is 19.4. The van der Waals surface area contributed by atoms with Crippen molar-refractivity contribution in [3.63, 3.8) is 0 Å². The maximum absolute atomic E-state index is 13.9. The number of likely N-dealkylation sites (tertiary alicyclic amines) is 1. The Bertz CT molecular complexity index is 1270. The van der Waals surface area contributed by atoms with Crippen molar-refractivity contribution >= 4 is 34.5 Å². The second-order valence-electron chi connectivity index (χ2n) is 11.7. The average molecular weight is 496 g/mol. The van der Waals surface area contributed by atoms with E-state index in [4.69, 9.17) is 10.2 Å². The highest BCUT2D eigenvalue weighted by Crippen LogP contribution is 2.69. The zero-order valence-corrected chi connectivity index (χ0v) is 20.1. The van der Waals surface area contributed by atoms with Gasteiger partial charge in [-0.05, 0) is 56.4 Å². The zero-order valence-electron chi connectivity index (χ0n) is 20.1. The molecule has 2 aliphatic heterocycles. The van der Waals surface area contributed by atoms with Crippen LogP contribution in [-0.2, 0) is 4.79 Å². The highest BCUT2D eigenvalue weighted by atomic mass is 19.1. The molecule has 36 heavy (non-hydrogen) atoms. The van der Waals surface area contributed by atoms with E-state index in [-0.39, 0.29) is 29.2 Å². The van der Waals surface area contributed by atoms with Crippen molar-refractivity contribution in [1.82, 2.24) is 15.1 Å². The van der Waals surface area contributed by atoms with E-state index in [0.717, 1.165) is 23.9 Å². The lowest BCUT2D eigenvalue weighted by molar-refractivity contribution is -0.214. The number of halogens is 1. The molecule has 4 aliphatic carbocycles.